The van der Waals surface area contributed by atoms with Crippen molar-refractivity contribution in [2.75, 3.05) is 13.6 Å². The van der Waals surface area contributed by atoms with Gasteiger partial charge >= 0.3 is 0 Å². The molecule has 0 unspecified atom stereocenters. The largest absolute Gasteiger partial charge is 0.340 e. The first-order valence-corrected chi connectivity index (χ1v) is 6.34. The number of aromatic nitrogens is 1. The number of carbonyl (C=O) groups excluding carboxylic acids is 1. The molecule has 1 aliphatic rings. The molecule has 1 aliphatic carbocycles. The molecule has 86 valence electrons. The SMILES string of the molecule is CN(CC1CCC1)C(=O)c1cccc(Br)n1. The van der Waals surface area contributed by atoms with Crippen LogP contribution in [0.25, 0.3) is 0 Å². The maximum absolute atomic E-state index is 12.0. The van der Waals surface area contributed by atoms with Gasteiger partial charge in [0.1, 0.15) is 10.3 Å². The van der Waals surface area contributed by atoms with Gasteiger partial charge in [0.2, 0.25) is 0 Å². The lowest BCUT2D eigenvalue weighted by molar-refractivity contribution is 0.0739. The summed E-state index contributed by atoms with van der Waals surface area (Å²) in [6, 6.07) is 5.41. The van der Waals surface area contributed by atoms with Gasteiger partial charge in [0, 0.05) is 13.6 Å². The van der Waals surface area contributed by atoms with Crippen molar-refractivity contribution in [1.29, 1.82) is 0 Å². The van der Waals surface area contributed by atoms with E-state index in [0.29, 0.717) is 16.2 Å². The monoisotopic (exact) mass is 282 g/mol. The number of hydrogen-bond donors (Lipinski definition) is 0. The summed E-state index contributed by atoms with van der Waals surface area (Å²) in [7, 11) is 1.85. The number of nitrogens with zero attached hydrogens (tertiary/aromatic N) is 2. The Labute approximate surface area is 104 Å². The van der Waals surface area contributed by atoms with Crippen molar-refractivity contribution < 1.29 is 4.79 Å². The fourth-order valence-corrected chi connectivity index (χ4v) is 2.21. The Hall–Kier alpha value is -0.900. The molecule has 2 rings (SSSR count). The Morgan fingerprint density at radius 1 is 1.56 bits per heavy atom. The van der Waals surface area contributed by atoms with E-state index in [2.05, 4.69) is 20.9 Å². The lowest BCUT2D eigenvalue weighted by Gasteiger charge is -2.29. The normalized spacial score (nSPS) is 15.6. The average molecular weight is 283 g/mol. The van der Waals surface area contributed by atoms with Crippen LogP contribution in [-0.4, -0.2) is 29.4 Å². The van der Waals surface area contributed by atoms with Crippen LogP contribution in [-0.2, 0) is 0 Å². The highest BCUT2D eigenvalue weighted by atomic mass is 79.9. The summed E-state index contributed by atoms with van der Waals surface area (Å²) in [5.74, 6) is 0.703. The van der Waals surface area contributed by atoms with Gasteiger partial charge in [-0.15, -0.1) is 0 Å². The van der Waals surface area contributed by atoms with Crippen molar-refractivity contribution in [2.45, 2.75) is 19.3 Å². The summed E-state index contributed by atoms with van der Waals surface area (Å²) in [6.07, 6.45) is 3.81. The van der Waals surface area contributed by atoms with Crippen LogP contribution in [0.5, 0.6) is 0 Å². The first-order valence-electron chi connectivity index (χ1n) is 5.55. The van der Waals surface area contributed by atoms with Crippen molar-refractivity contribution in [3.8, 4) is 0 Å². The highest BCUT2D eigenvalue weighted by Crippen LogP contribution is 2.27. The summed E-state index contributed by atoms with van der Waals surface area (Å²) in [4.78, 5) is 18.0. The molecule has 16 heavy (non-hydrogen) atoms. The smallest absolute Gasteiger partial charge is 0.272 e. The van der Waals surface area contributed by atoms with Crippen LogP contribution < -0.4 is 0 Å². The van der Waals surface area contributed by atoms with Gasteiger partial charge in [-0.25, -0.2) is 4.98 Å². The topological polar surface area (TPSA) is 33.2 Å². The van der Waals surface area contributed by atoms with Crippen molar-refractivity contribution in [3.05, 3.63) is 28.5 Å². The van der Waals surface area contributed by atoms with Gasteiger partial charge in [-0.2, -0.15) is 0 Å². The van der Waals surface area contributed by atoms with Crippen LogP contribution in [0.3, 0.4) is 0 Å². The molecule has 0 aliphatic heterocycles. The molecule has 0 aromatic carbocycles. The molecule has 4 heteroatoms. The van der Waals surface area contributed by atoms with Crippen LogP contribution in [0.1, 0.15) is 29.8 Å². The second-order valence-electron chi connectivity index (χ2n) is 4.33. The second kappa shape index (κ2) is 4.95. The van der Waals surface area contributed by atoms with E-state index in [9.17, 15) is 4.79 Å². The third-order valence-electron chi connectivity index (χ3n) is 3.04. The molecule has 0 bridgehead atoms. The van der Waals surface area contributed by atoms with E-state index in [1.54, 1.807) is 11.0 Å². The molecule has 0 spiro atoms. The molecule has 0 atom stereocenters. The molecule has 0 radical (unpaired) electrons. The van der Waals surface area contributed by atoms with E-state index in [0.717, 1.165) is 6.54 Å². The third-order valence-corrected chi connectivity index (χ3v) is 3.48. The number of pyridine rings is 1. The molecule has 0 saturated heterocycles. The van der Waals surface area contributed by atoms with Crippen molar-refractivity contribution in [2.24, 2.45) is 5.92 Å². The van der Waals surface area contributed by atoms with E-state index in [4.69, 9.17) is 0 Å². The number of halogens is 1. The Balaban J connectivity index is 2.00. The standard InChI is InChI=1S/C12H15BrN2O/c1-15(8-9-4-2-5-9)12(16)10-6-3-7-11(13)14-10/h3,6-7,9H,2,4-5,8H2,1H3. The van der Waals surface area contributed by atoms with Crippen LogP contribution >= 0.6 is 15.9 Å². The van der Waals surface area contributed by atoms with E-state index in [-0.39, 0.29) is 5.91 Å². The second-order valence-corrected chi connectivity index (χ2v) is 5.14. The van der Waals surface area contributed by atoms with Gasteiger partial charge in [-0.1, -0.05) is 12.5 Å². The predicted molar refractivity (Wildman–Crippen MR) is 66.2 cm³/mol. The number of hydrogen-bond acceptors (Lipinski definition) is 2. The Bertz CT molecular complexity index is 390. The van der Waals surface area contributed by atoms with Gasteiger partial charge in [0.15, 0.2) is 0 Å². The van der Waals surface area contributed by atoms with Gasteiger partial charge in [0.25, 0.3) is 5.91 Å². The fraction of sp³-hybridized carbons (Fsp3) is 0.500. The molecular weight excluding hydrogens is 268 g/mol. The molecule has 1 aromatic heterocycles. The summed E-state index contributed by atoms with van der Waals surface area (Å²) >= 11 is 3.27. The lowest BCUT2D eigenvalue weighted by Crippen LogP contribution is -2.34. The van der Waals surface area contributed by atoms with E-state index >= 15 is 0 Å². The molecule has 1 fully saturated rings. The van der Waals surface area contributed by atoms with Gasteiger partial charge < -0.3 is 4.90 Å². The van der Waals surface area contributed by atoms with Crippen LogP contribution in [0.4, 0.5) is 0 Å². The highest BCUT2D eigenvalue weighted by Gasteiger charge is 2.22. The number of rotatable bonds is 3. The van der Waals surface area contributed by atoms with Gasteiger partial charge in [0.05, 0.1) is 0 Å². The van der Waals surface area contributed by atoms with Crippen molar-refractivity contribution in [3.63, 3.8) is 0 Å². The first kappa shape index (κ1) is 11.6. The zero-order valence-corrected chi connectivity index (χ0v) is 10.9. The zero-order valence-electron chi connectivity index (χ0n) is 9.32. The Morgan fingerprint density at radius 3 is 2.88 bits per heavy atom. The van der Waals surface area contributed by atoms with Crippen molar-refractivity contribution >= 4 is 21.8 Å². The van der Waals surface area contributed by atoms with Crippen LogP contribution in [0, 0.1) is 5.92 Å². The molecule has 0 N–H and O–H groups in total. The van der Waals surface area contributed by atoms with E-state index in [1.807, 2.05) is 19.2 Å². The number of amides is 1. The summed E-state index contributed by atoms with van der Waals surface area (Å²) < 4.78 is 0.704. The van der Waals surface area contributed by atoms with Crippen LogP contribution in [0.2, 0.25) is 0 Å². The third kappa shape index (κ3) is 2.61. The molecular formula is C12H15BrN2O. The average Bonchev–Trinajstić information content (AvgIpc) is 2.22. The van der Waals surface area contributed by atoms with Crippen LogP contribution in [0.15, 0.2) is 22.8 Å². The lowest BCUT2D eigenvalue weighted by atomic mass is 9.85. The maximum atomic E-state index is 12.0. The summed E-state index contributed by atoms with van der Waals surface area (Å²) in [5, 5.41) is 0. The van der Waals surface area contributed by atoms with E-state index < -0.39 is 0 Å². The highest BCUT2D eigenvalue weighted by molar-refractivity contribution is 9.10. The number of carbonyl (C=O) groups is 1. The molecule has 3 nitrogen and oxygen atoms in total. The fourth-order valence-electron chi connectivity index (χ4n) is 1.87. The predicted octanol–water partition coefficient (Wildman–Crippen LogP) is 2.72. The van der Waals surface area contributed by atoms with Crippen molar-refractivity contribution in [1.82, 2.24) is 9.88 Å². The molecule has 1 aromatic rings. The molecule has 1 heterocycles. The minimum atomic E-state index is 0.00759. The minimum absolute atomic E-state index is 0.00759. The first-order chi connectivity index (χ1) is 7.66. The molecule has 1 saturated carbocycles. The van der Waals surface area contributed by atoms with Gasteiger partial charge in [-0.3, -0.25) is 4.79 Å². The maximum Gasteiger partial charge on any atom is 0.272 e. The summed E-state index contributed by atoms with van der Waals surface area (Å²) in [5.41, 5.74) is 0.510. The van der Waals surface area contributed by atoms with Gasteiger partial charge in [-0.05, 0) is 46.8 Å². The zero-order chi connectivity index (χ0) is 11.5. The molecule has 1 amide bonds. The Morgan fingerprint density at radius 2 is 2.31 bits per heavy atom. The minimum Gasteiger partial charge on any atom is -0.340 e. The quantitative estimate of drug-likeness (QED) is 0.799. The van der Waals surface area contributed by atoms with E-state index in [1.165, 1.54) is 19.3 Å². The Kier molecular flexibility index (Phi) is 3.59. The summed E-state index contributed by atoms with van der Waals surface area (Å²) in [6.45, 7) is 0.854.